The van der Waals surface area contributed by atoms with Crippen LogP contribution in [0.3, 0.4) is 0 Å². The van der Waals surface area contributed by atoms with Crippen LogP contribution in [0.25, 0.3) is 0 Å². The van der Waals surface area contributed by atoms with Crippen molar-refractivity contribution in [3.8, 4) is 0 Å². The molecule has 106 valence electrons. The van der Waals surface area contributed by atoms with Gasteiger partial charge in [0.25, 0.3) is 0 Å². The largest absolute Gasteiger partial charge is 0.468 e. The van der Waals surface area contributed by atoms with E-state index >= 15 is 0 Å². The highest BCUT2D eigenvalue weighted by Gasteiger charge is 2.23. The molecule has 1 atom stereocenters. The molecule has 0 heterocycles. The standard InChI is InChI=1S/C15H22BrNO2/c1-4-5-10-14(15(18)19-3)17(2)11-12-8-6-7-9-13(12)16/h6-9,14H,4-5,10-11H2,1-3H3. The molecule has 1 rings (SSSR count). The van der Waals surface area contributed by atoms with Crippen molar-refractivity contribution in [3.05, 3.63) is 34.3 Å². The first-order valence-corrected chi connectivity index (χ1v) is 7.41. The molecule has 19 heavy (non-hydrogen) atoms. The Hall–Kier alpha value is -0.870. The molecule has 3 nitrogen and oxygen atoms in total. The predicted molar refractivity (Wildman–Crippen MR) is 80.9 cm³/mol. The Bertz CT molecular complexity index is 409. The van der Waals surface area contributed by atoms with Gasteiger partial charge in [-0.05, 0) is 25.1 Å². The number of nitrogens with zero attached hydrogens (tertiary/aromatic N) is 1. The molecule has 4 heteroatoms. The van der Waals surface area contributed by atoms with Gasteiger partial charge in [0, 0.05) is 11.0 Å². The zero-order valence-electron chi connectivity index (χ0n) is 11.9. The topological polar surface area (TPSA) is 29.5 Å². The molecular formula is C15H22BrNO2. The van der Waals surface area contributed by atoms with E-state index < -0.39 is 0 Å². The number of carbonyl (C=O) groups is 1. The average molecular weight is 328 g/mol. The summed E-state index contributed by atoms with van der Waals surface area (Å²) in [5.74, 6) is -0.150. The summed E-state index contributed by atoms with van der Waals surface area (Å²) in [7, 11) is 3.42. The highest BCUT2D eigenvalue weighted by atomic mass is 79.9. The molecule has 0 aliphatic heterocycles. The summed E-state index contributed by atoms with van der Waals surface area (Å²) in [6.07, 6.45) is 2.94. The van der Waals surface area contributed by atoms with Crippen LogP contribution in [0.15, 0.2) is 28.7 Å². The molecule has 0 saturated carbocycles. The third kappa shape index (κ3) is 4.96. The minimum Gasteiger partial charge on any atom is -0.468 e. The monoisotopic (exact) mass is 327 g/mol. The van der Waals surface area contributed by atoms with E-state index in [4.69, 9.17) is 4.74 Å². The van der Waals surface area contributed by atoms with Crippen LogP contribution in [0.2, 0.25) is 0 Å². The van der Waals surface area contributed by atoms with Crippen LogP contribution < -0.4 is 0 Å². The average Bonchev–Trinajstić information content (AvgIpc) is 2.41. The van der Waals surface area contributed by atoms with Crippen LogP contribution in [0.1, 0.15) is 31.7 Å². The fraction of sp³-hybridized carbons (Fsp3) is 0.533. The molecule has 0 spiro atoms. The molecule has 0 radical (unpaired) electrons. The maximum absolute atomic E-state index is 11.9. The number of carbonyl (C=O) groups excluding carboxylic acids is 1. The van der Waals surface area contributed by atoms with Gasteiger partial charge in [0.1, 0.15) is 6.04 Å². The van der Waals surface area contributed by atoms with Crippen LogP contribution in [-0.4, -0.2) is 31.1 Å². The minimum atomic E-state index is -0.169. The van der Waals surface area contributed by atoms with Gasteiger partial charge in [0.05, 0.1) is 7.11 Å². The van der Waals surface area contributed by atoms with Gasteiger partial charge in [-0.3, -0.25) is 9.69 Å². The number of rotatable bonds is 7. The molecule has 0 aliphatic rings. The normalized spacial score (nSPS) is 12.5. The molecule has 0 aliphatic carbocycles. The number of benzene rings is 1. The molecule has 1 aromatic rings. The summed E-state index contributed by atoms with van der Waals surface area (Å²) in [5, 5.41) is 0. The second-order valence-corrected chi connectivity index (χ2v) is 5.54. The molecule has 0 N–H and O–H groups in total. The fourth-order valence-corrected chi connectivity index (χ4v) is 2.47. The molecule has 0 aromatic heterocycles. The third-order valence-electron chi connectivity index (χ3n) is 3.21. The van der Waals surface area contributed by atoms with Crippen LogP contribution in [-0.2, 0) is 16.1 Å². The Kier molecular flexibility index (Phi) is 7.10. The Morgan fingerprint density at radius 1 is 1.42 bits per heavy atom. The maximum atomic E-state index is 11.9. The zero-order valence-corrected chi connectivity index (χ0v) is 13.4. The summed E-state index contributed by atoms with van der Waals surface area (Å²) in [4.78, 5) is 13.9. The van der Waals surface area contributed by atoms with Gasteiger partial charge in [0.15, 0.2) is 0 Å². The van der Waals surface area contributed by atoms with Crippen molar-refractivity contribution in [1.29, 1.82) is 0 Å². The molecule has 1 unspecified atom stereocenters. The predicted octanol–water partition coefficient (Wildman–Crippen LogP) is 3.61. The highest BCUT2D eigenvalue weighted by molar-refractivity contribution is 9.10. The highest BCUT2D eigenvalue weighted by Crippen LogP contribution is 2.19. The Morgan fingerprint density at radius 2 is 2.11 bits per heavy atom. The van der Waals surface area contributed by atoms with E-state index in [9.17, 15) is 4.79 Å². The molecule has 0 saturated heterocycles. The Labute approximate surface area is 124 Å². The first-order chi connectivity index (χ1) is 9.10. The van der Waals surface area contributed by atoms with Gasteiger partial charge < -0.3 is 4.74 Å². The smallest absolute Gasteiger partial charge is 0.323 e. The van der Waals surface area contributed by atoms with Crippen molar-refractivity contribution in [2.24, 2.45) is 0 Å². The lowest BCUT2D eigenvalue weighted by molar-refractivity contribution is -0.147. The van der Waals surface area contributed by atoms with Crippen molar-refractivity contribution in [2.75, 3.05) is 14.2 Å². The number of esters is 1. The number of unbranched alkanes of at least 4 members (excludes halogenated alkanes) is 1. The second kappa shape index (κ2) is 8.33. The quantitative estimate of drug-likeness (QED) is 0.716. The number of hydrogen-bond acceptors (Lipinski definition) is 3. The van der Waals surface area contributed by atoms with Gasteiger partial charge in [0.2, 0.25) is 0 Å². The van der Waals surface area contributed by atoms with Crippen LogP contribution in [0.4, 0.5) is 0 Å². The molecule has 1 aromatic carbocycles. The lowest BCUT2D eigenvalue weighted by atomic mass is 10.1. The maximum Gasteiger partial charge on any atom is 0.323 e. The van der Waals surface area contributed by atoms with E-state index in [0.717, 1.165) is 30.3 Å². The number of likely N-dealkylation sites (N-methyl/N-ethyl adjacent to an activating group) is 1. The van der Waals surface area contributed by atoms with E-state index in [0.29, 0.717) is 0 Å². The lowest BCUT2D eigenvalue weighted by Crippen LogP contribution is -2.38. The van der Waals surface area contributed by atoms with Crippen molar-refractivity contribution < 1.29 is 9.53 Å². The number of halogens is 1. The van der Waals surface area contributed by atoms with Gasteiger partial charge in [-0.25, -0.2) is 0 Å². The summed E-state index contributed by atoms with van der Waals surface area (Å²) in [5.41, 5.74) is 1.18. The SMILES string of the molecule is CCCCC(C(=O)OC)N(C)Cc1ccccc1Br. The van der Waals surface area contributed by atoms with Crippen LogP contribution in [0, 0.1) is 0 Å². The van der Waals surface area contributed by atoms with E-state index in [2.05, 4.69) is 33.8 Å². The van der Waals surface area contributed by atoms with E-state index in [-0.39, 0.29) is 12.0 Å². The first kappa shape index (κ1) is 16.2. The Morgan fingerprint density at radius 3 is 2.68 bits per heavy atom. The van der Waals surface area contributed by atoms with E-state index in [1.54, 1.807) is 0 Å². The summed E-state index contributed by atoms with van der Waals surface area (Å²) >= 11 is 3.54. The lowest BCUT2D eigenvalue weighted by Gasteiger charge is -2.26. The van der Waals surface area contributed by atoms with Crippen molar-refractivity contribution in [3.63, 3.8) is 0 Å². The Balaban J connectivity index is 2.73. The van der Waals surface area contributed by atoms with Crippen molar-refractivity contribution in [1.82, 2.24) is 4.90 Å². The van der Waals surface area contributed by atoms with Gasteiger partial charge in [-0.2, -0.15) is 0 Å². The number of methoxy groups -OCH3 is 1. The third-order valence-corrected chi connectivity index (χ3v) is 3.99. The van der Waals surface area contributed by atoms with Crippen LogP contribution in [0.5, 0.6) is 0 Å². The van der Waals surface area contributed by atoms with Crippen molar-refractivity contribution in [2.45, 2.75) is 38.8 Å². The number of ether oxygens (including phenoxy) is 1. The fourth-order valence-electron chi connectivity index (χ4n) is 2.06. The van der Waals surface area contributed by atoms with Crippen LogP contribution >= 0.6 is 15.9 Å². The van der Waals surface area contributed by atoms with E-state index in [1.165, 1.54) is 12.7 Å². The molecular weight excluding hydrogens is 306 g/mol. The number of hydrogen-bond donors (Lipinski definition) is 0. The molecule has 0 bridgehead atoms. The van der Waals surface area contributed by atoms with Gasteiger partial charge in [-0.1, -0.05) is 53.9 Å². The first-order valence-electron chi connectivity index (χ1n) is 6.61. The van der Waals surface area contributed by atoms with Gasteiger partial charge >= 0.3 is 5.97 Å². The zero-order chi connectivity index (χ0) is 14.3. The van der Waals surface area contributed by atoms with Crippen molar-refractivity contribution >= 4 is 21.9 Å². The molecule has 0 amide bonds. The summed E-state index contributed by atoms with van der Waals surface area (Å²) in [6, 6.07) is 7.91. The van der Waals surface area contributed by atoms with E-state index in [1.807, 2.05) is 25.2 Å². The minimum absolute atomic E-state index is 0.150. The van der Waals surface area contributed by atoms with Gasteiger partial charge in [-0.15, -0.1) is 0 Å². The summed E-state index contributed by atoms with van der Waals surface area (Å²) < 4.78 is 5.98. The second-order valence-electron chi connectivity index (χ2n) is 4.69. The summed E-state index contributed by atoms with van der Waals surface area (Å²) in [6.45, 7) is 2.85. The molecule has 0 fully saturated rings.